The van der Waals surface area contributed by atoms with Gasteiger partial charge >= 0.3 is 0 Å². The van der Waals surface area contributed by atoms with Crippen LogP contribution in [-0.4, -0.2) is 21.1 Å². The van der Waals surface area contributed by atoms with Gasteiger partial charge in [-0.05, 0) is 49.6 Å². The minimum absolute atomic E-state index is 0.189. The van der Waals surface area contributed by atoms with Gasteiger partial charge in [-0.15, -0.1) is 10.2 Å². The zero-order valence-electron chi connectivity index (χ0n) is 17.1. The third-order valence-corrected chi connectivity index (χ3v) is 5.41. The maximum absolute atomic E-state index is 12.7. The molecule has 2 aromatic heterocycles. The van der Waals surface area contributed by atoms with Gasteiger partial charge in [-0.25, -0.2) is 0 Å². The summed E-state index contributed by atoms with van der Waals surface area (Å²) in [5.74, 6) is 0.603. The predicted octanol–water partition coefficient (Wildman–Crippen LogP) is 5.11. The number of benzene rings is 1. The van der Waals surface area contributed by atoms with Crippen LogP contribution >= 0.6 is 11.3 Å². The average molecular weight is 411 g/mol. The summed E-state index contributed by atoms with van der Waals surface area (Å²) in [5.41, 5.74) is 3.41. The van der Waals surface area contributed by atoms with Crippen molar-refractivity contribution in [3.63, 3.8) is 0 Å². The van der Waals surface area contributed by atoms with Crippen LogP contribution in [0.5, 0.6) is 5.75 Å². The molecular formula is C22H26N4O2S. The lowest BCUT2D eigenvalue weighted by atomic mass is 10.1. The highest BCUT2D eigenvalue weighted by Crippen LogP contribution is 2.26. The molecule has 3 rings (SSSR count). The number of anilines is 1. The molecule has 2 heterocycles. The number of nitrogens with zero attached hydrogens (tertiary/aromatic N) is 3. The lowest BCUT2D eigenvalue weighted by Gasteiger charge is -2.14. The molecule has 3 aromatic rings. The molecule has 0 radical (unpaired) electrons. The lowest BCUT2D eigenvalue weighted by Crippen LogP contribution is -2.12. The Morgan fingerprint density at radius 2 is 1.97 bits per heavy atom. The Morgan fingerprint density at radius 3 is 2.66 bits per heavy atom. The van der Waals surface area contributed by atoms with E-state index in [1.165, 1.54) is 24.2 Å². The van der Waals surface area contributed by atoms with Crippen LogP contribution in [0.1, 0.15) is 58.2 Å². The third-order valence-electron chi connectivity index (χ3n) is 4.51. The van der Waals surface area contributed by atoms with Gasteiger partial charge < -0.3 is 4.74 Å². The fourth-order valence-electron chi connectivity index (χ4n) is 3.05. The number of nitrogens with one attached hydrogen (secondary N) is 1. The van der Waals surface area contributed by atoms with Crippen LogP contribution < -0.4 is 10.1 Å². The first kappa shape index (κ1) is 20.9. The highest BCUT2D eigenvalue weighted by Gasteiger charge is 2.14. The highest BCUT2D eigenvalue weighted by atomic mass is 32.1. The maximum atomic E-state index is 12.7. The molecule has 0 saturated heterocycles. The van der Waals surface area contributed by atoms with Gasteiger partial charge in [0.05, 0.1) is 0 Å². The molecule has 0 atom stereocenters. The van der Waals surface area contributed by atoms with E-state index in [1.54, 1.807) is 12.4 Å². The van der Waals surface area contributed by atoms with Gasteiger partial charge in [-0.3, -0.25) is 15.1 Å². The first-order valence-electron chi connectivity index (χ1n) is 9.83. The van der Waals surface area contributed by atoms with Crippen LogP contribution in [0.2, 0.25) is 0 Å². The highest BCUT2D eigenvalue weighted by molar-refractivity contribution is 7.15. The molecule has 152 valence electrons. The monoisotopic (exact) mass is 410 g/mol. The summed E-state index contributed by atoms with van der Waals surface area (Å²) in [6.07, 6.45) is 7.86. The van der Waals surface area contributed by atoms with Crippen molar-refractivity contribution in [3.05, 3.63) is 63.9 Å². The fourth-order valence-corrected chi connectivity index (χ4v) is 3.83. The average Bonchev–Trinajstić information content (AvgIpc) is 3.15. The number of carbonyl (C=O) groups excluding carboxylic acids is 1. The molecule has 0 spiro atoms. The number of hydrogen-bond donors (Lipinski definition) is 1. The van der Waals surface area contributed by atoms with Crippen molar-refractivity contribution in [2.45, 2.75) is 53.1 Å². The quantitative estimate of drug-likeness (QED) is 0.496. The standard InChI is InChI=1S/C22H26N4O2S/c1-4-5-6-9-19-25-26-22(29-19)24-21(27)18-11-15(2)20(16(3)12-18)28-14-17-8-7-10-23-13-17/h7-8,10-13H,4-6,9,14H2,1-3H3,(H,24,26,27). The summed E-state index contributed by atoms with van der Waals surface area (Å²) < 4.78 is 5.96. The van der Waals surface area contributed by atoms with Gasteiger partial charge in [0, 0.05) is 29.9 Å². The van der Waals surface area contributed by atoms with Gasteiger partial charge in [-0.2, -0.15) is 0 Å². The number of rotatable bonds is 9. The molecule has 1 amide bonds. The summed E-state index contributed by atoms with van der Waals surface area (Å²) in [6.45, 7) is 6.50. The first-order valence-corrected chi connectivity index (χ1v) is 10.6. The summed E-state index contributed by atoms with van der Waals surface area (Å²) in [5, 5.41) is 12.6. The van der Waals surface area contributed by atoms with Crippen molar-refractivity contribution >= 4 is 22.4 Å². The minimum atomic E-state index is -0.189. The molecule has 0 fully saturated rings. The van der Waals surface area contributed by atoms with E-state index in [-0.39, 0.29) is 5.91 Å². The number of aromatic nitrogens is 3. The van der Waals surface area contributed by atoms with E-state index in [1.807, 2.05) is 38.1 Å². The topological polar surface area (TPSA) is 77.0 Å². The largest absolute Gasteiger partial charge is 0.488 e. The summed E-state index contributed by atoms with van der Waals surface area (Å²) >= 11 is 1.44. The fraction of sp³-hybridized carbons (Fsp3) is 0.364. The minimum Gasteiger partial charge on any atom is -0.488 e. The molecule has 0 bridgehead atoms. The zero-order chi connectivity index (χ0) is 20.6. The first-order chi connectivity index (χ1) is 14.1. The van der Waals surface area contributed by atoms with E-state index in [0.29, 0.717) is 17.3 Å². The summed E-state index contributed by atoms with van der Waals surface area (Å²) in [7, 11) is 0. The number of amides is 1. The second-order valence-corrected chi connectivity index (χ2v) is 8.06. The van der Waals surface area contributed by atoms with Crippen LogP contribution in [-0.2, 0) is 13.0 Å². The molecule has 7 heteroatoms. The van der Waals surface area contributed by atoms with E-state index < -0.39 is 0 Å². The predicted molar refractivity (Wildman–Crippen MR) is 116 cm³/mol. The molecule has 0 aliphatic heterocycles. The van der Waals surface area contributed by atoms with E-state index in [0.717, 1.165) is 40.3 Å². The Labute approximate surface area is 175 Å². The molecule has 0 saturated carbocycles. The number of ether oxygens (including phenoxy) is 1. The Kier molecular flexibility index (Phi) is 7.30. The van der Waals surface area contributed by atoms with E-state index in [4.69, 9.17) is 4.74 Å². The smallest absolute Gasteiger partial charge is 0.257 e. The number of aryl methyl sites for hydroxylation is 3. The zero-order valence-corrected chi connectivity index (χ0v) is 17.9. The van der Waals surface area contributed by atoms with E-state index >= 15 is 0 Å². The van der Waals surface area contributed by atoms with Gasteiger partial charge in [0.1, 0.15) is 17.4 Å². The van der Waals surface area contributed by atoms with Crippen LogP contribution in [0.3, 0.4) is 0 Å². The number of unbranched alkanes of at least 4 members (excludes halogenated alkanes) is 2. The van der Waals surface area contributed by atoms with Gasteiger partial charge in [0.25, 0.3) is 5.91 Å². The van der Waals surface area contributed by atoms with E-state index in [2.05, 4.69) is 27.4 Å². The molecular weight excluding hydrogens is 384 g/mol. The Bertz CT molecular complexity index is 933. The van der Waals surface area contributed by atoms with Crippen molar-refractivity contribution in [1.29, 1.82) is 0 Å². The molecule has 1 aromatic carbocycles. The van der Waals surface area contributed by atoms with Crippen LogP contribution in [0.4, 0.5) is 5.13 Å². The van der Waals surface area contributed by atoms with Gasteiger partial charge in [0.2, 0.25) is 5.13 Å². The van der Waals surface area contributed by atoms with Gasteiger partial charge in [0.15, 0.2) is 0 Å². The van der Waals surface area contributed by atoms with Crippen molar-refractivity contribution in [2.24, 2.45) is 0 Å². The van der Waals surface area contributed by atoms with Gasteiger partial charge in [-0.1, -0.05) is 37.2 Å². The second kappa shape index (κ2) is 10.1. The number of pyridine rings is 1. The van der Waals surface area contributed by atoms with Crippen molar-refractivity contribution in [3.8, 4) is 5.75 Å². The molecule has 1 N–H and O–H groups in total. The van der Waals surface area contributed by atoms with E-state index in [9.17, 15) is 4.79 Å². The Morgan fingerprint density at radius 1 is 1.17 bits per heavy atom. The maximum Gasteiger partial charge on any atom is 0.257 e. The van der Waals surface area contributed by atoms with Crippen molar-refractivity contribution in [2.75, 3.05) is 5.32 Å². The Balaban J connectivity index is 1.64. The summed E-state index contributed by atoms with van der Waals surface area (Å²) in [4.78, 5) is 16.8. The second-order valence-electron chi connectivity index (χ2n) is 7.00. The van der Waals surface area contributed by atoms with Crippen LogP contribution in [0.25, 0.3) is 0 Å². The van der Waals surface area contributed by atoms with Crippen molar-refractivity contribution < 1.29 is 9.53 Å². The number of carbonyl (C=O) groups is 1. The van der Waals surface area contributed by atoms with Crippen LogP contribution in [0, 0.1) is 13.8 Å². The molecule has 6 nitrogen and oxygen atoms in total. The molecule has 29 heavy (non-hydrogen) atoms. The molecule has 0 aliphatic carbocycles. The number of hydrogen-bond acceptors (Lipinski definition) is 6. The molecule has 0 unspecified atom stereocenters. The van der Waals surface area contributed by atoms with Crippen LogP contribution in [0.15, 0.2) is 36.7 Å². The lowest BCUT2D eigenvalue weighted by molar-refractivity contribution is 0.102. The Hall–Kier alpha value is -2.80. The molecule has 0 aliphatic rings. The SMILES string of the molecule is CCCCCc1nnc(NC(=O)c2cc(C)c(OCc3cccnc3)c(C)c2)s1. The normalized spacial score (nSPS) is 10.7. The summed E-state index contributed by atoms with van der Waals surface area (Å²) in [6, 6.07) is 7.53. The van der Waals surface area contributed by atoms with Crippen molar-refractivity contribution in [1.82, 2.24) is 15.2 Å². The third kappa shape index (κ3) is 5.84.